The predicted octanol–water partition coefficient (Wildman–Crippen LogP) is 0.115. The fourth-order valence-corrected chi connectivity index (χ4v) is 2.67. The Kier molecular flexibility index (Phi) is 2.07. The first-order valence-corrected chi connectivity index (χ1v) is 5.05. The van der Waals surface area contributed by atoms with Gasteiger partial charge in [-0.15, -0.1) is 0 Å². The zero-order valence-corrected chi connectivity index (χ0v) is 8.28. The zero-order chi connectivity index (χ0) is 10.3. The lowest BCUT2D eigenvalue weighted by atomic mass is 10.3. The van der Waals surface area contributed by atoms with Crippen LogP contribution >= 0.6 is 11.8 Å². The molecule has 2 N–H and O–H groups in total. The van der Waals surface area contributed by atoms with Gasteiger partial charge in [0.1, 0.15) is 0 Å². The van der Waals surface area contributed by atoms with Crippen molar-refractivity contribution in [2.75, 3.05) is 5.75 Å². The molecule has 0 aromatic carbocycles. The van der Waals surface area contributed by atoms with Gasteiger partial charge in [-0.05, 0) is 0 Å². The first-order chi connectivity index (χ1) is 6.61. The number of aromatic hydroxyl groups is 1. The first kappa shape index (κ1) is 9.26. The second kappa shape index (κ2) is 3.13. The Bertz CT molecular complexity index is 408. The highest BCUT2D eigenvalue weighted by molar-refractivity contribution is 7.99. The van der Waals surface area contributed by atoms with E-state index in [-0.39, 0.29) is 5.75 Å². The molecule has 0 radical (unpaired) electrons. The SMILES string of the molecule is Cc1ncc(O)c2[n+]1C(C(=O)O)CS2. The van der Waals surface area contributed by atoms with Crippen molar-refractivity contribution in [1.82, 2.24) is 4.98 Å². The van der Waals surface area contributed by atoms with Gasteiger partial charge in [-0.25, -0.2) is 9.36 Å². The van der Waals surface area contributed by atoms with Crippen LogP contribution in [0.5, 0.6) is 5.75 Å². The summed E-state index contributed by atoms with van der Waals surface area (Å²) in [5.74, 6) is 0.200. The van der Waals surface area contributed by atoms with Gasteiger partial charge < -0.3 is 10.2 Å². The van der Waals surface area contributed by atoms with E-state index in [0.717, 1.165) is 0 Å². The Morgan fingerprint density at radius 2 is 2.50 bits per heavy atom. The molecule has 1 aliphatic rings. The van der Waals surface area contributed by atoms with E-state index in [1.165, 1.54) is 18.0 Å². The number of thioether (sulfide) groups is 1. The van der Waals surface area contributed by atoms with Gasteiger partial charge in [0.05, 0.1) is 5.75 Å². The van der Waals surface area contributed by atoms with E-state index < -0.39 is 12.0 Å². The lowest BCUT2D eigenvalue weighted by molar-refractivity contribution is -0.744. The van der Waals surface area contributed by atoms with Gasteiger partial charge in [0.2, 0.25) is 16.8 Å². The number of rotatable bonds is 1. The normalized spacial score (nSPS) is 19.4. The third-order valence-electron chi connectivity index (χ3n) is 2.13. The average molecular weight is 213 g/mol. The Morgan fingerprint density at radius 3 is 3.14 bits per heavy atom. The molecule has 2 rings (SSSR count). The molecule has 1 aromatic heterocycles. The number of hydrogen-bond acceptors (Lipinski definition) is 4. The van der Waals surface area contributed by atoms with Crippen LogP contribution in [0.4, 0.5) is 0 Å². The molecule has 6 heteroatoms. The van der Waals surface area contributed by atoms with Gasteiger partial charge in [0.25, 0.3) is 5.82 Å². The molecule has 0 fully saturated rings. The number of hydrogen-bond donors (Lipinski definition) is 2. The van der Waals surface area contributed by atoms with Crippen LogP contribution in [0.3, 0.4) is 0 Å². The number of carboxylic acid groups (broad SMARTS) is 1. The Morgan fingerprint density at radius 1 is 1.79 bits per heavy atom. The summed E-state index contributed by atoms with van der Waals surface area (Å²) in [7, 11) is 0. The smallest absolute Gasteiger partial charge is 0.350 e. The van der Waals surface area contributed by atoms with Crippen LogP contribution in [0.1, 0.15) is 11.9 Å². The van der Waals surface area contributed by atoms with Crippen molar-refractivity contribution in [1.29, 1.82) is 0 Å². The molecule has 0 saturated carbocycles. The molecule has 0 saturated heterocycles. The summed E-state index contributed by atoms with van der Waals surface area (Å²) in [6.45, 7) is 1.73. The van der Waals surface area contributed by atoms with Gasteiger partial charge in [-0.2, -0.15) is 0 Å². The maximum absolute atomic E-state index is 10.9. The van der Waals surface area contributed by atoms with Crippen LogP contribution in [-0.2, 0) is 4.79 Å². The fraction of sp³-hybridized carbons (Fsp3) is 0.375. The van der Waals surface area contributed by atoms with Crippen molar-refractivity contribution in [2.24, 2.45) is 0 Å². The van der Waals surface area contributed by atoms with Crippen molar-refractivity contribution in [3.63, 3.8) is 0 Å². The highest BCUT2D eigenvalue weighted by atomic mass is 32.2. The molecule has 1 aliphatic heterocycles. The number of aromatic nitrogens is 2. The minimum Gasteiger partial charge on any atom is -0.501 e. The topological polar surface area (TPSA) is 74.3 Å². The van der Waals surface area contributed by atoms with E-state index in [4.69, 9.17) is 5.11 Å². The van der Waals surface area contributed by atoms with E-state index in [0.29, 0.717) is 16.6 Å². The summed E-state index contributed by atoms with van der Waals surface area (Å²) in [6.07, 6.45) is 1.35. The Labute approximate surface area is 84.4 Å². The van der Waals surface area contributed by atoms with E-state index >= 15 is 0 Å². The largest absolute Gasteiger partial charge is 0.501 e. The third-order valence-corrected chi connectivity index (χ3v) is 3.30. The predicted molar refractivity (Wildman–Crippen MR) is 48.2 cm³/mol. The lowest BCUT2D eigenvalue weighted by Crippen LogP contribution is -2.46. The zero-order valence-electron chi connectivity index (χ0n) is 7.47. The van der Waals surface area contributed by atoms with Crippen LogP contribution in [0.15, 0.2) is 11.2 Å². The van der Waals surface area contributed by atoms with Gasteiger partial charge in [0.15, 0.2) is 6.20 Å². The maximum atomic E-state index is 10.9. The van der Waals surface area contributed by atoms with Crippen molar-refractivity contribution >= 4 is 17.7 Å². The quantitative estimate of drug-likeness (QED) is 0.512. The van der Waals surface area contributed by atoms with Gasteiger partial charge >= 0.3 is 5.97 Å². The van der Waals surface area contributed by atoms with Crippen molar-refractivity contribution in [2.45, 2.75) is 18.0 Å². The van der Waals surface area contributed by atoms with E-state index in [1.54, 1.807) is 11.5 Å². The van der Waals surface area contributed by atoms with Crippen LogP contribution in [0, 0.1) is 6.92 Å². The molecular formula is C8H9N2O3S+. The van der Waals surface area contributed by atoms with Crippen molar-refractivity contribution in [3.8, 4) is 5.75 Å². The third kappa shape index (κ3) is 1.22. The van der Waals surface area contributed by atoms with Crippen LogP contribution < -0.4 is 4.57 Å². The monoisotopic (exact) mass is 213 g/mol. The maximum Gasteiger partial charge on any atom is 0.350 e. The number of fused-ring (bicyclic) bond motifs is 1. The summed E-state index contributed by atoms with van der Waals surface area (Å²) < 4.78 is 1.56. The van der Waals surface area contributed by atoms with Gasteiger partial charge in [-0.3, -0.25) is 0 Å². The fourth-order valence-electron chi connectivity index (χ4n) is 1.47. The molecule has 14 heavy (non-hydrogen) atoms. The molecule has 0 bridgehead atoms. The van der Waals surface area contributed by atoms with Crippen molar-refractivity contribution < 1.29 is 19.6 Å². The minimum atomic E-state index is -0.892. The first-order valence-electron chi connectivity index (χ1n) is 4.07. The minimum absolute atomic E-state index is 0.0457. The summed E-state index contributed by atoms with van der Waals surface area (Å²) in [4.78, 5) is 14.8. The number of aryl methyl sites for hydroxylation is 1. The molecule has 1 unspecified atom stereocenters. The summed E-state index contributed by atoms with van der Waals surface area (Å²) >= 11 is 1.34. The van der Waals surface area contributed by atoms with Crippen LogP contribution in [-0.4, -0.2) is 26.9 Å². The number of aliphatic carboxylic acids is 1. The van der Waals surface area contributed by atoms with Gasteiger partial charge in [0, 0.05) is 6.92 Å². The molecular weight excluding hydrogens is 204 g/mol. The molecule has 74 valence electrons. The molecule has 0 aliphatic carbocycles. The molecule has 1 atom stereocenters. The Hall–Kier alpha value is -1.30. The summed E-state index contributed by atoms with van der Waals surface area (Å²) in [6, 6.07) is -0.616. The average Bonchev–Trinajstić information content (AvgIpc) is 2.56. The summed E-state index contributed by atoms with van der Waals surface area (Å²) in [5, 5.41) is 19.0. The lowest BCUT2D eigenvalue weighted by Gasteiger charge is -2.04. The second-order valence-corrected chi connectivity index (χ2v) is 4.04. The summed E-state index contributed by atoms with van der Waals surface area (Å²) in [5.41, 5.74) is 0. The standard InChI is InChI=1S/C8H8N2O3S/c1-4-9-2-6(11)7-10(4)5(3-14-7)8(12)13/h2,5H,3H2,1H3,(H-,11,12,13)/p+1. The van der Waals surface area contributed by atoms with E-state index in [2.05, 4.69) is 4.98 Å². The molecule has 0 spiro atoms. The molecule has 0 amide bonds. The Balaban J connectivity index is 2.58. The van der Waals surface area contributed by atoms with E-state index in [9.17, 15) is 9.90 Å². The highest BCUT2D eigenvalue weighted by Gasteiger charge is 2.37. The molecule has 2 heterocycles. The highest BCUT2D eigenvalue weighted by Crippen LogP contribution is 2.32. The molecule has 5 nitrogen and oxygen atoms in total. The van der Waals surface area contributed by atoms with E-state index in [1.807, 2.05) is 0 Å². The van der Waals surface area contributed by atoms with Crippen LogP contribution in [0.2, 0.25) is 0 Å². The number of nitrogens with zero attached hydrogens (tertiary/aromatic N) is 2. The van der Waals surface area contributed by atoms with Crippen LogP contribution in [0.25, 0.3) is 0 Å². The van der Waals surface area contributed by atoms with Gasteiger partial charge in [-0.1, -0.05) is 16.7 Å². The second-order valence-electron chi connectivity index (χ2n) is 3.03. The van der Waals surface area contributed by atoms with Crippen molar-refractivity contribution in [3.05, 3.63) is 12.0 Å². The number of carbonyl (C=O) groups is 1. The number of carboxylic acids is 1. The molecule has 1 aromatic rings.